The maximum absolute atomic E-state index is 13.7. The van der Waals surface area contributed by atoms with Crippen LogP contribution in [-0.4, -0.2) is 32.5 Å². The summed E-state index contributed by atoms with van der Waals surface area (Å²) in [5.41, 5.74) is 0. The van der Waals surface area contributed by atoms with Gasteiger partial charge in [-0.05, 0) is 31.9 Å². The van der Waals surface area contributed by atoms with E-state index in [1.807, 2.05) is 7.05 Å². The highest BCUT2D eigenvalue weighted by Crippen LogP contribution is 2.25. The first-order valence-corrected chi connectivity index (χ1v) is 9.76. The summed E-state index contributed by atoms with van der Waals surface area (Å²) >= 11 is 1.33. The van der Waals surface area contributed by atoms with Crippen molar-refractivity contribution >= 4 is 17.7 Å². The summed E-state index contributed by atoms with van der Waals surface area (Å²) in [4.78, 5) is 12.0. The van der Waals surface area contributed by atoms with Crippen LogP contribution in [0.1, 0.15) is 44.5 Å². The zero-order valence-corrected chi connectivity index (χ0v) is 15.8. The van der Waals surface area contributed by atoms with E-state index in [-0.39, 0.29) is 11.7 Å². The number of halogens is 1. The van der Waals surface area contributed by atoms with Crippen LogP contribution in [0.2, 0.25) is 0 Å². The van der Waals surface area contributed by atoms with Gasteiger partial charge in [0.2, 0.25) is 5.91 Å². The van der Waals surface area contributed by atoms with E-state index in [1.54, 1.807) is 29.7 Å². The first-order chi connectivity index (χ1) is 12.5. The van der Waals surface area contributed by atoms with Crippen LogP contribution in [0.15, 0.2) is 29.4 Å². The number of carbonyl (C=O) groups is 1. The zero-order valence-electron chi connectivity index (χ0n) is 14.9. The van der Waals surface area contributed by atoms with Gasteiger partial charge >= 0.3 is 0 Å². The van der Waals surface area contributed by atoms with Crippen LogP contribution in [0, 0.1) is 5.82 Å². The quantitative estimate of drug-likeness (QED) is 0.749. The third kappa shape index (κ3) is 4.55. The minimum Gasteiger partial charge on any atom is -0.480 e. The molecule has 26 heavy (non-hydrogen) atoms. The average Bonchev–Trinajstić information content (AvgIpc) is 3.25. The number of nitrogens with zero attached hydrogens (tertiary/aromatic N) is 3. The van der Waals surface area contributed by atoms with Crippen molar-refractivity contribution in [2.75, 3.05) is 5.75 Å². The Morgan fingerprint density at radius 1 is 1.38 bits per heavy atom. The van der Waals surface area contributed by atoms with Crippen molar-refractivity contribution in [2.45, 2.75) is 49.9 Å². The van der Waals surface area contributed by atoms with Crippen molar-refractivity contribution in [1.82, 2.24) is 20.1 Å². The molecule has 1 unspecified atom stereocenters. The number of benzene rings is 1. The number of thioether (sulfide) groups is 1. The smallest absolute Gasteiger partial charge is 0.230 e. The highest BCUT2D eigenvalue weighted by Gasteiger charge is 2.20. The van der Waals surface area contributed by atoms with Crippen LogP contribution in [0.25, 0.3) is 0 Å². The highest BCUT2D eigenvalue weighted by molar-refractivity contribution is 7.99. The highest BCUT2D eigenvalue weighted by atomic mass is 32.2. The summed E-state index contributed by atoms with van der Waals surface area (Å²) in [6.45, 7) is 1.79. The Morgan fingerprint density at radius 3 is 2.85 bits per heavy atom. The minimum absolute atomic E-state index is 0.0158. The van der Waals surface area contributed by atoms with E-state index in [1.165, 1.54) is 30.7 Å². The molecule has 0 bridgehead atoms. The first-order valence-electron chi connectivity index (χ1n) is 8.77. The van der Waals surface area contributed by atoms with Crippen molar-refractivity contribution in [2.24, 2.45) is 7.05 Å². The standard InChI is InChI=1S/C18H23FN4O2S/c1-12(25-15-10-6-5-9-14(15)19)17-21-22-18(23(17)2)26-11-16(24)20-13-7-3-4-8-13/h5-6,9-10,12-13H,3-4,7-8,11H2,1-2H3,(H,20,24). The SMILES string of the molecule is CC(Oc1ccccc1F)c1nnc(SCC(=O)NC2CCCC2)n1C. The van der Waals surface area contributed by atoms with Crippen LogP contribution < -0.4 is 10.1 Å². The Labute approximate surface area is 156 Å². The molecule has 1 N–H and O–H groups in total. The van der Waals surface area contributed by atoms with E-state index in [9.17, 15) is 9.18 Å². The summed E-state index contributed by atoms with van der Waals surface area (Å²) in [5.74, 6) is 0.646. The van der Waals surface area contributed by atoms with Crippen LogP contribution in [-0.2, 0) is 11.8 Å². The molecular formula is C18H23FN4O2S. The van der Waals surface area contributed by atoms with Gasteiger partial charge in [-0.2, -0.15) is 0 Å². The number of amides is 1. The number of nitrogens with one attached hydrogen (secondary N) is 1. The number of ether oxygens (including phenoxy) is 1. The molecule has 1 aromatic carbocycles. The van der Waals surface area contributed by atoms with Gasteiger partial charge in [-0.25, -0.2) is 4.39 Å². The average molecular weight is 378 g/mol. The normalized spacial score (nSPS) is 15.8. The van der Waals surface area contributed by atoms with Gasteiger partial charge in [0.05, 0.1) is 5.75 Å². The molecule has 1 amide bonds. The van der Waals surface area contributed by atoms with E-state index >= 15 is 0 Å². The zero-order chi connectivity index (χ0) is 18.5. The minimum atomic E-state index is -0.467. The lowest BCUT2D eigenvalue weighted by Gasteiger charge is -2.14. The predicted molar refractivity (Wildman–Crippen MR) is 97.6 cm³/mol. The second-order valence-electron chi connectivity index (χ2n) is 6.43. The Balaban J connectivity index is 1.56. The molecule has 0 spiro atoms. The molecule has 0 radical (unpaired) electrons. The summed E-state index contributed by atoms with van der Waals surface area (Å²) in [7, 11) is 1.81. The van der Waals surface area contributed by atoms with Gasteiger partial charge in [0.1, 0.15) is 0 Å². The van der Waals surface area contributed by atoms with Crippen molar-refractivity contribution in [3.63, 3.8) is 0 Å². The molecule has 8 heteroatoms. The lowest BCUT2D eigenvalue weighted by molar-refractivity contribution is -0.119. The van der Waals surface area contributed by atoms with Crippen LogP contribution in [0.3, 0.4) is 0 Å². The maximum atomic E-state index is 13.7. The molecule has 3 rings (SSSR count). The number of carbonyl (C=O) groups excluding carboxylic acids is 1. The number of rotatable bonds is 7. The van der Waals surface area contributed by atoms with Crippen molar-refractivity contribution in [1.29, 1.82) is 0 Å². The number of para-hydroxylation sites is 1. The van der Waals surface area contributed by atoms with E-state index in [0.717, 1.165) is 12.8 Å². The molecule has 140 valence electrons. The van der Waals surface area contributed by atoms with E-state index in [4.69, 9.17) is 4.74 Å². The molecular weight excluding hydrogens is 355 g/mol. The van der Waals surface area contributed by atoms with Gasteiger partial charge in [-0.15, -0.1) is 10.2 Å². The Hall–Kier alpha value is -2.09. The Morgan fingerprint density at radius 2 is 2.12 bits per heavy atom. The van der Waals surface area contributed by atoms with Crippen LogP contribution in [0.5, 0.6) is 5.75 Å². The third-order valence-electron chi connectivity index (χ3n) is 4.43. The number of hydrogen-bond donors (Lipinski definition) is 1. The van der Waals surface area contributed by atoms with Crippen molar-refractivity contribution in [3.05, 3.63) is 35.9 Å². The van der Waals surface area contributed by atoms with Gasteiger partial charge in [0, 0.05) is 13.1 Å². The number of hydrogen-bond acceptors (Lipinski definition) is 5. The summed E-state index contributed by atoms with van der Waals surface area (Å²) in [6.07, 6.45) is 4.03. The fraction of sp³-hybridized carbons (Fsp3) is 0.500. The molecule has 1 aliphatic rings. The topological polar surface area (TPSA) is 69.0 Å². The molecule has 1 atom stereocenters. The summed E-state index contributed by atoms with van der Waals surface area (Å²) in [5, 5.41) is 11.9. The summed E-state index contributed by atoms with van der Waals surface area (Å²) < 4.78 is 21.2. The molecule has 0 aliphatic heterocycles. The van der Waals surface area contributed by atoms with Crippen molar-refractivity contribution < 1.29 is 13.9 Å². The Kier molecular flexibility index (Phi) is 6.13. The maximum Gasteiger partial charge on any atom is 0.230 e. The van der Waals surface area contributed by atoms with Gasteiger partial charge in [-0.3, -0.25) is 4.79 Å². The third-order valence-corrected chi connectivity index (χ3v) is 5.45. The monoisotopic (exact) mass is 378 g/mol. The molecule has 1 aromatic heterocycles. The second-order valence-corrected chi connectivity index (χ2v) is 7.37. The molecule has 2 aromatic rings. The van der Waals surface area contributed by atoms with Gasteiger partial charge in [-0.1, -0.05) is 36.7 Å². The van der Waals surface area contributed by atoms with Gasteiger partial charge in [0.15, 0.2) is 28.7 Å². The Bertz CT molecular complexity index is 761. The second kappa shape index (κ2) is 8.53. The van der Waals surface area contributed by atoms with Crippen molar-refractivity contribution in [3.8, 4) is 5.75 Å². The van der Waals surface area contributed by atoms with E-state index in [0.29, 0.717) is 22.8 Å². The van der Waals surface area contributed by atoms with Crippen LogP contribution in [0.4, 0.5) is 4.39 Å². The first kappa shape index (κ1) is 18.7. The lowest BCUT2D eigenvalue weighted by atomic mass is 10.2. The fourth-order valence-corrected chi connectivity index (χ4v) is 3.79. The van der Waals surface area contributed by atoms with E-state index in [2.05, 4.69) is 15.5 Å². The largest absolute Gasteiger partial charge is 0.480 e. The van der Waals surface area contributed by atoms with Gasteiger partial charge < -0.3 is 14.6 Å². The molecule has 1 aliphatic carbocycles. The summed E-state index contributed by atoms with van der Waals surface area (Å²) in [6, 6.07) is 6.56. The van der Waals surface area contributed by atoms with Gasteiger partial charge in [0.25, 0.3) is 0 Å². The van der Waals surface area contributed by atoms with E-state index < -0.39 is 11.9 Å². The molecule has 1 heterocycles. The number of aromatic nitrogens is 3. The molecule has 1 fully saturated rings. The molecule has 6 nitrogen and oxygen atoms in total. The fourth-order valence-electron chi connectivity index (χ4n) is 3.06. The van der Waals surface area contributed by atoms with Crippen LogP contribution >= 0.6 is 11.8 Å². The molecule has 1 saturated carbocycles. The predicted octanol–water partition coefficient (Wildman–Crippen LogP) is 3.25. The molecule has 0 saturated heterocycles. The lowest BCUT2D eigenvalue weighted by Crippen LogP contribution is -2.33.